The van der Waals surface area contributed by atoms with Crippen LogP contribution in [-0.4, -0.2) is 17.6 Å². The van der Waals surface area contributed by atoms with Crippen molar-refractivity contribution in [1.82, 2.24) is 0 Å². The van der Waals surface area contributed by atoms with Gasteiger partial charge in [0.15, 0.2) is 0 Å². The fourth-order valence-electron chi connectivity index (χ4n) is 1.68. The van der Waals surface area contributed by atoms with Gasteiger partial charge >= 0.3 is 5.97 Å². The number of nitrogens with two attached hydrogens (primary N) is 2. The third-order valence-corrected chi connectivity index (χ3v) is 2.56. The van der Waals surface area contributed by atoms with Gasteiger partial charge in [-0.3, -0.25) is 0 Å². The van der Waals surface area contributed by atoms with Gasteiger partial charge < -0.3 is 16.6 Å². The highest BCUT2D eigenvalue weighted by molar-refractivity contribution is 5.89. The summed E-state index contributed by atoms with van der Waals surface area (Å²) in [5.74, 6) is -0.926. The summed E-state index contributed by atoms with van der Waals surface area (Å²) >= 11 is 0. The van der Waals surface area contributed by atoms with Crippen molar-refractivity contribution in [1.29, 1.82) is 0 Å². The highest BCUT2D eigenvalue weighted by Gasteiger charge is 2.14. The Balaban J connectivity index is 0.00000256. The number of carbonyl (C=O) groups is 1. The third-order valence-electron chi connectivity index (χ3n) is 2.56. The van der Waals surface area contributed by atoms with E-state index < -0.39 is 5.97 Å². The van der Waals surface area contributed by atoms with Gasteiger partial charge in [0.05, 0.1) is 5.56 Å². The highest BCUT2D eigenvalue weighted by Crippen LogP contribution is 2.20. The van der Waals surface area contributed by atoms with E-state index in [0.29, 0.717) is 17.7 Å². The van der Waals surface area contributed by atoms with Crippen molar-refractivity contribution < 1.29 is 9.90 Å². The summed E-state index contributed by atoms with van der Waals surface area (Å²) in [4.78, 5) is 11.0. The summed E-state index contributed by atoms with van der Waals surface area (Å²) in [6.45, 7) is 0.646. The Hall–Kier alpha value is -1.10. The summed E-state index contributed by atoms with van der Waals surface area (Å²) in [6, 6.07) is 6.65. The van der Waals surface area contributed by atoms with Gasteiger partial charge in [-0.2, -0.15) is 0 Å². The van der Waals surface area contributed by atoms with Gasteiger partial charge in [-0.15, -0.1) is 12.4 Å². The number of hydrogen-bond acceptors (Lipinski definition) is 3. The zero-order valence-electron chi connectivity index (χ0n) is 9.63. The van der Waals surface area contributed by atoms with E-state index >= 15 is 0 Å². The Kier molecular flexibility index (Phi) is 7.54. The van der Waals surface area contributed by atoms with Crippen LogP contribution in [0.15, 0.2) is 24.3 Å². The molecule has 0 aromatic heterocycles. The number of carboxylic acid groups (broad SMARTS) is 1. The van der Waals surface area contributed by atoms with Crippen molar-refractivity contribution >= 4 is 18.4 Å². The van der Waals surface area contributed by atoms with Crippen LogP contribution in [0, 0.1) is 0 Å². The van der Waals surface area contributed by atoms with E-state index in [-0.39, 0.29) is 18.4 Å². The number of rotatable bonds is 6. The molecule has 5 N–H and O–H groups in total. The second kappa shape index (κ2) is 8.06. The summed E-state index contributed by atoms with van der Waals surface area (Å²) in [7, 11) is 0. The molecule has 0 saturated carbocycles. The molecule has 0 heterocycles. The lowest BCUT2D eigenvalue weighted by atomic mass is 9.97. The molecule has 1 rings (SSSR count). The number of benzene rings is 1. The quantitative estimate of drug-likeness (QED) is 0.680. The molecule has 0 aliphatic heterocycles. The van der Waals surface area contributed by atoms with E-state index in [9.17, 15) is 4.79 Å². The van der Waals surface area contributed by atoms with E-state index in [1.165, 1.54) is 0 Å². The van der Waals surface area contributed by atoms with Gasteiger partial charge in [-0.05, 0) is 31.0 Å². The maximum Gasteiger partial charge on any atom is 0.336 e. The minimum absolute atomic E-state index is 0. The minimum atomic E-state index is -0.926. The first kappa shape index (κ1) is 15.9. The van der Waals surface area contributed by atoms with Crippen LogP contribution in [0.4, 0.5) is 0 Å². The number of carboxylic acids is 1. The molecule has 0 saturated heterocycles. The first-order chi connectivity index (χ1) is 7.66. The molecule has 1 aromatic rings. The van der Waals surface area contributed by atoms with Crippen LogP contribution >= 0.6 is 12.4 Å². The maximum atomic E-state index is 11.0. The zero-order valence-corrected chi connectivity index (χ0v) is 10.5. The summed E-state index contributed by atoms with van der Waals surface area (Å²) in [6.07, 6.45) is 2.61. The van der Waals surface area contributed by atoms with Gasteiger partial charge in [0.25, 0.3) is 0 Å². The molecule has 5 heteroatoms. The monoisotopic (exact) mass is 258 g/mol. The summed E-state index contributed by atoms with van der Waals surface area (Å²) < 4.78 is 0. The average Bonchev–Trinajstić information content (AvgIpc) is 2.29. The van der Waals surface area contributed by atoms with Crippen LogP contribution in [0.5, 0.6) is 0 Å². The normalized spacial score (nSPS) is 11.6. The molecule has 0 unspecified atom stereocenters. The van der Waals surface area contributed by atoms with Crippen LogP contribution in [0.25, 0.3) is 0 Å². The molecule has 0 fully saturated rings. The van der Waals surface area contributed by atoms with Crippen molar-refractivity contribution in [3.63, 3.8) is 0 Å². The molecule has 0 radical (unpaired) electrons. The van der Waals surface area contributed by atoms with Crippen LogP contribution < -0.4 is 11.5 Å². The van der Waals surface area contributed by atoms with Crippen LogP contribution in [-0.2, 0) is 0 Å². The van der Waals surface area contributed by atoms with Gasteiger partial charge in [-0.25, -0.2) is 4.79 Å². The standard InChI is InChI=1S/C12H18N2O2.ClH/c13-8-4-3-7-11(14)9-5-1-2-6-10(9)12(15)16;/h1-2,5-6,11H,3-4,7-8,13-14H2,(H,15,16);1H/t11-;/m1./s1. The van der Waals surface area contributed by atoms with E-state index in [1.54, 1.807) is 18.2 Å². The van der Waals surface area contributed by atoms with E-state index in [0.717, 1.165) is 19.3 Å². The molecule has 1 aromatic carbocycles. The molecule has 0 amide bonds. The smallest absolute Gasteiger partial charge is 0.336 e. The average molecular weight is 259 g/mol. The van der Waals surface area contributed by atoms with Gasteiger partial charge in [0.2, 0.25) is 0 Å². The molecule has 0 spiro atoms. The first-order valence-corrected chi connectivity index (χ1v) is 5.44. The zero-order chi connectivity index (χ0) is 12.0. The maximum absolute atomic E-state index is 11.0. The Morgan fingerprint density at radius 2 is 1.94 bits per heavy atom. The largest absolute Gasteiger partial charge is 0.478 e. The third kappa shape index (κ3) is 4.73. The van der Waals surface area contributed by atoms with Crippen molar-refractivity contribution in [3.05, 3.63) is 35.4 Å². The van der Waals surface area contributed by atoms with Crippen LogP contribution in [0.1, 0.15) is 41.2 Å². The molecule has 0 aliphatic rings. The van der Waals surface area contributed by atoms with Crippen molar-refractivity contribution in [2.75, 3.05) is 6.54 Å². The molecular weight excluding hydrogens is 240 g/mol. The van der Waals surface area contributed by atoms with E-state index in [4.69, 9.17) is 16.6 Å². The summed E-state index contributed by atoms with van der Waals surface area (Å²) in [5, 5.41) is 9.01. The fourth-order valence-corrected chi connectivity index (χ4v) is 1.68. The van der Waals surface area contributed by atoms with Gasteiger partial charge in [0, 0.05) is 6.04 Å². The van der Waals surface area contributed by atoms with Gasteiger partial charge in [-0.1, -0.05) is 24.6 Å². The lowest BCUT2D eigenvalue weighted by Gasteiger charge is -2.14. The topological polar surface area (TPSA) is 89.3 Å². The number of halogens is 1. The second-order valence-corrected chi connectivity index (χ2v) is 3.78. The van der Waals surface area contributed by atoms with Crippen molar-refractivity contribution in [2.45, 2.75) is 25.3 Å². The second-order valence-electron chi connectivity index (χ2n) is 3.78. The Morgan fingerprint density at radius 1 is 1.29 bits per heavy atom. The summed E-state index contributed by atoms with van der Waals surface area (Å²) in [5.41, 5.74) is 12.4. The molecule has 0 aliphatic carbocycles. The van der Waals surface area contributed by atoms with E-state index in [2.05, 4.69) is 0 Å². The Morgan fingerprint density at radius 3 is 2.53 bits per heavy atom. The predicted octanol–water partition coefficient (Wildman–Crippen LogP) is 1.94. The lowest BCUT2D eigenvalue weighted by molar-refractivity contribution is 0.0695. The molecule has 96 valence electrons. The van der Waals surface area contributed by atoms with E-state index in [1.807, 2.05) is 6.07 Å². The van der Waals surface area contributed by atoms with Crippen molar-refractivity contribution in [3.8, 4) is 0 Å². The molecule has 0 bridgehead atoms. The first-order valence-electron chi connectivity index (χ1n) is 5.44. The molecule has 17 heavy (non-hydrogen) atoms. The fraction of sp³-hybridized carbons (Fsp3) is 0.417. The number of aromatic carboxylic acids is 1. The Labute approximate surface area is 107 Å². The highest BCUT2D eigenvalue weighted by atomic mass is 35.5. The number of hydrogen-bond donors (Lipinski definition) is 3. The molecular formula is C12H19ClN2O2. The van der Waals surface area contributed by atoms with Crippen LogP contribution in [0.2, 0.25) is 0 Å². The molecule has 4 nitrogen and oxygen atoms in total. The molecule has 1 atom stereocenters. The predicted molar refractivity (Wildman–Crippen MR) is 70.5 cm³/mol. The minimum Gasteiger partial charge on any atom is -0.478 e. The SMILES string of the molecule is Cl.NCCCC[C@@H](N)c1ccccc1C(=O)O. The lowest BCUT2D eigenvalue weighted by Crippen LogP contribution is -2.15. The van der Waals surface area contributed by atoms with Crippen LogP contribution in [0.3, 0.4) is 0 Å². The van der Waals surface area contributed by atoms with Gasteiger partial charge in [0.1, 0.15) is 0 Å². The Bertz CT molecular complexity index is 358. The number of unbranched alkanes of at least 4 members (excludes halogenated alkanes) is 1. The van der Waals surface area contributed by atoms with Crippen molar-refractivity contribution in [2.24, 2.45) is 11.5 Å².